The van der Waals surface area contributed by atoms with Gasteiger partial charge in [-0.3, -0.25) is 4.79 Å². The van der Waals surface area contributed by atoms with E-state index in [4.69, 9.17) is 15.2 Å². The molecule has 0 unspecified atom stereocenters. The number of ether oxygens (including phenoxy) is 2. The normalized spacial score (nSPS) is 30.1. The Balaban J connectivity index is 2.01. The highest BCUT2D eigenvalue weighted by atomic mass is 16.7. The summed E-state index contributed by atoms with van der Waals surface area (Å²) in [6.45, 7) is 2.78. The molecule has 0 bridgehead atoms. The molecule has 1 saturated carbocycles. The van der Waals surface area contributed by atoms with Gasteiger partial charge in [0, 0.05) is 5.41 Å². The molecule has 0 aromatic rings. The summed E-state index contributed by atoms with van der Waals surface area (Å²) in [5.74, 6) is -1.73. The Morgan fingerprint density at radius 3 is 2.17 bits per heavy atom. The van der Waals surface area contributed by atoms with Gasteiger partial charge in [0.05, 0.1) is 13.2 Å². The molecule has 2 N–H and O–H groups in total. The monoisotopic (exact) mass is 171 g/mol. The molecule has 2 aliphatic rings. The summed E-state index contributed by atoms with van der Waals surface area (Å²) < 4.78 is 10.6. The molecule has 68 valence electrons. The number of hydrogen-bond acceptors (Lipinski definition) is 3. The maximum atomic E-state index is 10.9. The average molecular weight is 171 g/mol. The minimum atomic E-state index is -1.19. The van der Waals surface area contributed by atoms with Gasteiger partial charge in [-0.25, -0.2) is 0 Å². The van der Waals surface area contributed by atoms with Gasteiger partial charge < -0.3 is 15.2 Å². The number of primary amides is 1. The topological polar surface area (TPSA) is 61.6 Å². The Morgan fingerprint density at radius 1 is 1.33 bits per heavy atom. The highest BCUT2D eigenvalue weighted by Crippen LogP contribution is 2.49. The van der Waals surface area contributed by atoms with Crippen molar-refractivity contribution in [1.29, 1.82) is 0 Å². The smallest absolute Gasteiger partial charge is 0.277 e. The van der Waals surface area contributed by atoms with E-state index < -0.39 is 11.7 Å². The summed E-state index contributed by atoms with van der Waals surface area (Å²) in [6.07, 6.45) is 2.28. The summed E-state index contributed by atoms with van der Waals surface area (Å²) in [5, 5.41) is 0. The first kappa shape index (κ1) is 8.01. The minimum absolute atomic E-state index is 0.217. The molecule has 0 atom stereocenters. The Kier molecular flexibility index (Phi) is 1.47. The predicted molar refractivity (Wildman–Crippen MR) is 41.2 cm³/mol. The highest BCUT2D eigenvalue weighted by Gasteiger charge is 2.51. The van der Waals surface area contributed by atoms with Crippen LogP contribution in [0.5, 0.6) is 0 Å². The van der Waals surface area contributed by atoms with Crippen LogP contribution in [0, 0.1) is 5.41 Å². The van der Waals surface area contributed by atoms with Crippen molar-refractivity contribution in [2.75, 3.05) is 13.2 Å². The zero-order valence-corrected chi connectivity index (χ0v) is 7.13. The number of carbonyl (C=O) groups excluding carboxylic acids is 1. The summed E-state index contributed by atoms with van der Waals surface area (Å²) >= 11 is 0. The first-order valence-corrected chi connectivity index (χ1v) is 4.14. The highest BCUT2D eigenvalue weighted by molar-refractivity contribution is 5.81. The van der Waals surface area contributed by atoms with Crippen molar-refractivity contribution in [3.63, 3.8) is 0 Å². The van der Waals surface area contributed by atoms with Crippen LogP contribution >= 0.6 is 0 Å². The molecule has 12 heavy (non-hydrogen) atoms. The van der Waals surface area contributed by atoms with Crippen LogP contribution in [0.1, 0.15) is 19.8 Å². The number of carbonyl (C=O) groups is 1. The van der Waals surface area contributed by atoms with Crippen molar-refractivity contribution >= 4 is 5.91 Å². The number of amides is 1. The van der Waals surface area contributed by atoms with E-state index in [-0.39, 0.29) is 5.41 Å². The number of nitrogens with two attached hydrogens (primary N) is 1. The van der Waals surface area contributed by atoms with Crippen molar-refractivity contribution in [3.8, 4) is 0 Å². The maximum Gasteiger partial charge on any atom is 0.277 e. The van der Waals surface area contributed by atoms with E-state index in [1.807, 2.05) is 0 Å². The van der Waals surface area contributed by atoms with Crippen LogP contribution in [0.25, 0.3) is 0 Å². The summed E-state index contributed by atoms with van der Waals surface area (Å²) in [5.41, 5.74) is 5.34. The van der Waals surface area contributed by atoms with Crippen molar-refractivity contribution in [3.05, 3.63) is 0 Å². The number of hydrogen-bond donors (Lipinski definition) is 1. The van der Waals surface area contributed by atoms with Gasteiger partial charge >= 0.3 is 0 Å². The predicted octanol–water partition coefficient (Wildman–Crippen LogP) is 0.0149. The third-order valence-corrected chi connectivity index (χ3v) is 2.71. The third kappa shape index (κ3) is 1.11. The van der Waals surface area contributed by atoms with Crippen LogP contribution in [0.4, 0.5) is 0 Å². The Hall–Kier alpha value is -0.610. The zero-order chi connectivity index (χ0) is 8.82. The first-order valence-electron chi connectivity index (χ1n) is 4.14. The van der Waals surface area contributed by atoms with E-state index in [2.05, 4.69) is 0 Å². The van der Waals surface area contributed by atoms with Crippen molar-refractivity contribution in [2.45, 2.75) is 25.6 Å². The summed E-state index contributed by atoms with van der Waals surface area (Å²) in [7, 11) is 0. The van der Waals surface area contributed by atoms with Gasteiger partial charge in [0.2, 0.25) is 5.79 Å². The van der Waals surface area contributed by atoms with Crippen LogP contribution in [0.3, 0.4) is 0 Å². The van der Waals surface area contributed by atoms with E-state index in [1.165, 1.54) is 0 Å². The first-order chi connectivity index (χ1) is 5.56. The molecule has 1 aliphatic carbocycles. The van der Waals surface area contributed by atoms with Gasteiger partial charge in [-0.1, -0.05) is 0 Å². The molecule has 4 nitrogen and oxygen atoms in total. The lowest BCUT2D eigenvalue weighted by molar-refractivity contribution is -0.263. The van der Waals surface area contributed by atoms with Gasteiger partial charge in [0.25, 0.3) is 5.91 Å². The fourth-order valence-corrected chi connectivity index (χ4v) is 1.27. The molecule has 2 rings (SSSR count). The lowest BCUT2D eigenvalue weighted by Crippen LogP contribution is -2.51. The molecule has 1 spiro atoms. The van der Waals surface area contributed by atoms with E-state index in [1.54, 1.807) is 6.92 Å². The molecule has 0 aromatic carbocycles. The Morgan fingerprint density at radius 2 is 1.83 bits per heavy atom. The van der Waals surface area contributed by atoms with Crippen LogP contribution < -0.4 is 5.73 Å². The van der Waals surface area contributed by atoms with E-state index in [0.29, 0.717) is 13.2 Å². The molecule has 1 aliphatic heterocycles. The van der Waals surface area contributed by atoms with Crippen molar-refractivity contribution < 1.29 is 14.3 Å². The second kappa shape index (κ2) is 2.20. The van der Waals surface area contributed by atoms with Gasteiger partial charge in [0.1, 0.15) is 0 Å². The Labute approximate surface area is 71.0 Å². The van der Waals surface area contributed by atoms with Gasteiger partial charge in [-0.15, -0.1) is 0 Å². The fourth-order valence-electron chi connectivity index (χ4n) is 1.27. The van der Waals surface area contributed by atoms with Crippen LogP contribution in [0.15, 0.2) is 0 Å². The molecule has 2 fully saturated rings. The van der Waals surface area contributed by atoms with Gasteiger partial charge in [-0.05, 0) is 19.8 Å². The Bertz CT molecular complexity index is 212. The summed E-state index contributed by atoms with van der Waals surface area (Å²) in [4.78, 5) is 10.9. The molecule has 0 aromatic heterocycles. The average Bonchev–Trinajstić information content (AvgIpc) is 2.77. The van der Waals surface area contributed by atoms with E-state index in [9.17, 15) is 4.79 Å². The van der Waals surface area contributed by atoms with Gasteiger partial charge in [-0.2, -0.15) is 0 Å². The molecule has 1 heterocycles. The second-order valence-electron chi connectivity index (χ2n) is 3.89. The fraction of sp³-hybridized carbons (Fsp3) is 0.875. The molecule has 1 saturated heterocycles. The van der Waals surface area contributed by atoms with Crippen LogP contribution in [-0.4, -0.2) is 24.9 Å². The molecule has 4 heteroatoms. The van der Waals surface area contributed by atoms with Crippen molar-refractivity contribution in [1.82, 2.24) is 0 Å². The lowest BCUT2D eigenvalue weighted by atomic mass is 10.1. The second-order valence-corrected chi connectivity index (χ2v) is 3.89. The molecule has 1 amide bonds. The minimum Gasteiger partial charge on any atom is -0.365 e. The van der Waals surface area contributed by atoms with E-state index in [0.717, 1.165) is 12.8 Å². The quantitative estimate of drug-likeness (QED) is 0.604. The standard InChI is InChI=1S/C8H13NO3/c1-7(6(9)10)11-4-8(2-3-8)5-12-7/h2-5H2,1H3,(H2,9,10). The summed E-state index contributed by atoms with van der Waals surface area (Å²) in [6, 6.07) is 0. The van der Waals surface area contributed by atoms with E-state index >= 15 is 0 Å². The largest absolute Gasteiger partial charge is 0.365 e. The zero-order valence-electron chi connectivity index (χ0n) is 7.13. The number of rotatable bonds is 1. The maximum absolute atomic E-state index is 10.9. The third-order valence-electron chi connectivity index (χ3n) is 2.71. The molecule has 0 radical (unpaired) electrons. The van der Waals surface area contributed by atoms with Crippen LogP contribution in [-0.2, 0) is 14.3 Å². The van der Waals surface area contributed by atoms with Crippen LogP contribution in [0.2, 0.25) is 0 Å². The lowest BCUT2D eigenvalue weighted by Gasteiger charge is -2.35. The molecular weight excluding hydrogens is 158 g/mol. The SMILES string of the molecule is CC1(C(N)=O)OCC2(CC2)CO1. The molecular formula is C8H13NO3. The van der Waals surface area contributed by atoms with Crippen molar-refractivity contribution in [2.24, 2.45) is 11.1 Å². The van der Waals surface area contributed by atoms with Gasteiger partial charge in [0.15, 0.2) is 0 Å².